The molecule has 2 heteroatoms. The Bertz CT molecular complexity index is 182. The predicted molar refractivity (Wildman–Crippen MR) is 42.0 cm³/mol. The second-order valence-electron chi connectivity index (χ2n) is 2.64. The van der Waals surface area contributed by atoms with Gasteiger partial charge in [0.25, 0.3) is 0 Å². The van der Waals surface area contributed by atoms with Crippen LogP contribution in [0.1, 0.15) is 20.3 Å². The zero-order valence-electron chi connectivity index (χ0n) is 6.72. The van der Waals surface area contributed by atoms with Crippen molar-refractivity contribution in [1.82, 2.24) is 0 Å². The Morgan fingerprint density at radius 2 is 2.40 bits per heavy atom. The van der Waals surface area contributed by atoms with Crippen LogP contribution in [0.25, 0.3) is 0 Å². The zero-order valence-corrected chi connectivity index (χ0v) is 6.72. The number of hydrogen-bond donors (Lipinski definition) is 0. The van der Waals surface area contributed by atoms with Crippen molar-refractivity contribution in [1.29, 1.82) is 0 Å². The van der Waals surface area contributed by atoms with Crippen LogP contribution in [-0.4, -0.2) is 13.0 Å². The molecule has 1 aliphatic heterocycles. The molecule has 0 aromatic carbocycles. The summed E-state index contributed by atoms with van der Waals surface area (Å²) >= 11 is 0. The average Bonchev–Trinajstić information content (AvgIpc) is 1.94. The molecule has 0 bridgehead atoms. The first-order valence-electron chi connectivity index (χ1n) is 3.53. The first-order valence-corrected chi connectivity index (χ1v) is 3.53. The summed E-state index contributed by atoms with van der Waals surface area (Å²) in [5, 5.41) is 0. The van der Waals surface area contributed by atoms with E-state index in [-0.39, 0.29) is 0 Å². The van der Waals surface area contributed by atoms with Crippen molar-refractivity contribution >= 4 is 5.90 Å². The van der Waals surface area contributed by atoms with Gasteiger partial charge in [0.2, 0.25) is 0 Å². The highest BCUT2D eigenvalue weighted by atomic mass is 16.5. The van der Waals surface area contributed by atoms with E-state index in [1.807, 2.05) is 6.92 Å². The third-order valence-electron chi connectivity index (χ3n) is 1.68. The second-order valence-corrected chi connectivity index (χ2v) is 2.64. The molecule has 0 aromatic heterocycles. The van der Waals surface area contributed by atoms with E-state index < -0.39 is 0 Å². The molecule has 0 N–H and O–H groups in total. The van der Waals surface area contributed by atoms with Gasteiger partial charge in [0, 0.05) is 11.6 Å². The van der Waals surface area contributed by atoms with E-state index in [4.69, 9.17) is 4.74 Å². The number of hydrogen-bond acceptors (Lipinski definition) is 2. The first-order chi connectivity index (χ1) is 4.74. The van der Waals surface area contributed by atoms with Gasteiger partial charge in [-0.1, -0.05) is 13.0 Å². The third-order valence-corrected chi connectivity index (χ3v) is 1.68. The quantitative estimate of drug-likeness (QED) is 0.503. The maximum absolute atomic E-state index is 5.08. The van der Waals surface area contributed by atoms with Crippen molar-refractivity contribution in [2.45, 2.75) is 20.3 Å². The highest BCUT2D eigenvalue weighted by Crippen LogP contribution is 2.16. The van der Waals surface area contributed by atoms with Crippen LogP contribution in [0.5, 0.6) is 0 Å². The lowest BCUT2D eigenvalue weighted by Gasteiger charge is -2.15. The van der Waals surface area contributed by atoms with Crippen LogP contribution in [0.2, 0.25) is 0 Å². The summed E-state index contributed by atoms with van der Waals surface area (Å²) < 4.78 is 5.08. The molecular formula is C8H13NO. The third kappa shape index (κ3) is 1.38. The molecule has 1 atom stereocenters. The monoisotopic (exact) mass is 139 g/mol. The Hall–Kier alpha value is -0.790. The molecular weight excluding hydrogens is 126 g/mol. The van der Waals surface area contributed by atoms with Gasteiger partial charge >= 0.3 is 0 Å². The molecule has 10 heavy (non-hydrogen) atoms. The number of rotatable bonds is 0. The molecule has 1 aliphatic rings. The highest BCUT2D eigenvalue weighted by molar-refractivity contribution is 5.80. The van der Waals surface area contributed by atoms with Crippen LogP contribution < -0.4 is 0 Å². The first kappa shape index (κ1) is 7.32. The summed E-state index contributed by atoms with van der Waals surface area (Å²) in [4.78, 5) is 4.24. The van der Waals surface area contributed by atoms with Gasteiger partial charge in [0.1, 0.15) is 0 Å². The van der Waals surface area contributed by atoms with Crippen LogP contribution in [0.15, 0.2) is 16.8 Å². The summed E-state index contributed by atoms with van der Waals surface area (Å²) in [6.07, 6.45) is 3.19. The molecule has 0 aliphatic carbocycles. The molecule has 0 aromatic rings. The Kier molecular flexibility index (Phi) is 2.10. The fourth-order valence-corrected chi connectivity index (χ4v) is 1.02. The van der Waals surface area contributed by atoms with Gasteiger partial charge in [0.15, 0.2) is 5.90 Å². The molecule has 1 heterocycles. The van der Waals surface area contributed by atoms with Crippen LogP contribution in [0.4, 0.5) is 0 Å². The molecule has 56 valence electrons. The molecule has 0 spiro atoms. The standard InChI is InChI=1S/C8H13NO/c1-6-4-5-7(2)9-8(6)10-3/h5-6H,4H2,1-3H3. The molecule has 0 saturated carbocycles. The van der Waals surface area contributed by atoms with Crippen molar-refractivity contribution in [2.75, 3.05) is 7.11 Å². The van der Waals surface area contributed by atoms with Gasteiger partial charge in [0.05, 0.1) is 7.11 Å². The van der Waals surface area contributed by atoms with Gasteiger partial charge < -0.3 is 4.74 Å². The van der Waals surface area contributed by atoms with E-state index >= 15 is 0 Å². The van der Waals surface area contributed by atoms with Gasteiger partial charge in [-0.15, -0.1) is 0 Å². The summed E-state index contributed by atoms with van der Waals surface area (Å²) in [6.45, 7) is 4.11. The number of ether oxygens (including phenoxy) is 1. The Morgan fingerprint density at radius 1 is 1.70 bits per heavy atom. The Morgan fingerprint density at radius 3 is 2.90 bits per heavy atom. The minimum absolute atomic E-state index is 0.452. The topological polar surface area (TPSA) is 21.6 Å². The smallest absolute Gasteiger partial charge is 0.191 e. The van der Waals surface area contributed by atoms with E-state index in [0.717, 1.165) is 18.0 Å². The maximum atomic E-state index is 5.08. The Balaban J connectivity index is 2.73. The normalized spacial score (nSPS) is 25.3. The Labute approximate surface area is 61.6 Å². The average molecular weight is 139 g/mol. The van der Waals surface area contributed by atoms with Crippen molar-refractivity contribution in [3.8, 4) is 0 Å². The van der Waals surface area contributed by atoms with Crippen molar-refractivity contribution in [3.63, 3.8) is 0 Å². The lowest BCUT2D eigenvalue weighted by atomic mass is 10.1. The van der Waals surface area contributed by atoms with Gasteiger partial charge in [-0.2, -0.15) is 0 Å². The summed E-state index contributed by atoms with van der Waals surface area (Å²) in [5.74, 6) is 1.31. The number of methoxy groups -OCH3 is 1. The van der Waals surface area contributed by atoms with E-state index in [0.29, 0.717) is 5.92 Å². The van der Waals surface area contributed by atoms with E-state index in [9.17, 15) is 0 Å². The number of allylic oxidation sites excluding steroid dienone is 2. The van der Waals surface area contributed by atoms with Gasteiger partial charge in [-0.25, -0.2) is 4.99 Å². The summed E-state index contributed by atoms with van der Waals surface area (Å²) in [7, 11) is 1.67. The zero-order chi connectivity index (χ0) is 7.56. The second kappa shape index (κ2) is 2.86. The molecule has 0 saturated heterocycles. The summed E-state index contributed by atoms with van der Waals surface area (Å²) in [6, 6.07) is 0. The van der Waals surface area contributed by atoms with Crippen LogP contribution in [-0.2, 0) is 4.74 Å². The van der Waals surface area contributed by atoms with Crippen LogP contribution in [0.3, 0.4) is 0 Å². The van der Waals surface area contributed by atoms with E-state index in [1.165, 1.54) is 0 Å². The predicted octanol–water partition coefficient (Wildman–Crippen LogP) is 1.97. The van der Waals surface area contributed by atoms with Crippen molar-refractivity contribution < 1.29 is 4.74 Å². The van der Waals surface area contributed by atoms with Crippen molar-refractivity contribution in [2.24, 2.45) is 10.9 Å². The van der Waals surface area contributed by atoms with E-state index in [2.05, 4.69) is 18.0 Å². The molecule has 0 radical (unpaired) electrons. The fraction of sp³-hybridized carbons (Fsp3) is 0.625. The van der Waals surface area contributed by atoms with Crippen LogP contribution in [0, 0.1) is 5.92 Å². The minimum atomic E-state index is 0.452. The molecule has 1 unspecified atom stereocenters. The molecule has 2 nitrogen and oxygen atoms in total. The molecule has 0 fully saturated rings. The van der Waals surface area contributed by atoms with Crippen molar-refractivity contribution in [3.05, 3.63) is 11.8 Å². The van der Waals surface area contributed by atoms with Crippen LogP contribution >= 0.6 is 0 Å². The summed E-state index contributed by atoms with van der Waals surface area (Å²) in [5.41, 5.74) is 1.06. The fourth-order valence-electron chi connectivity index (χ4n) is 1.02. The highest BCUT2D eigenvalue weighted by Gasteiger charge is 2.13. The SMILES string of the molecule is COC1=NC(C)=CCC1C. The van der Waals surface area contributed by atoms with E-state index in [1.54, 1.807) is 7.11 Å². The number of aliphatic imine (C=N–C) groups is 1. The lowest BCUT2D eigenvalue weighted by Crippen LogP contribution is -2.15. The molecule has 1 rings (SSSR count). The van der Waals surface area contributed by atoms with Gasteiger partial charge in [-0.3, -0.25) is 0 Å². The largest absolute Gasteiger partial charge is 0.484 e. The lowest BCUT2D eigenvalue weighted by molar-refractivity contribution is 0.367. The van der Waals surface area contributed by atoms with Gasteiger partial charge in [-0.05, 0) is 13.3 Å². The maximum Gasteiger partial charge on any atom is 0.191 e. The minimum Gasteiger partial charge on any atom is -0.484 e. The molecule has 0 amide bonds. The number of nitrogens with zero attached hydrogens (tertiary/aromatic N) is 1.